The van der Waals surface area contributed by atoms with Crippen LogP contribution in [0, 0.1) is 11.8 Å². The predicted molar refractivity (Wildman–Crippen MR) is 81.0 cm³/mol. The quantitative estimate of drug-likeness (QED) is 0.813. The fourth-order valence-corrected chi connectivity index (χ4v) is 4.07. The second-order valence-corrected chi connectivity index (χ2v) is 6.66. The van der Waals surface area contributed by atoms with E-state index in [1.807, 2.05) is 0 Å². The molecule has 1 saturated heterocycles. The van der Waals surface area contributed by atoms with Crippen molar-refractivity contribution in [2.75, 3.05) is 19.6 Å². The van der Waals surface area contributed by atoms with Crippen molar-refractivity contribution in [3.05, 3.63) is 0 Å². The van der Waals surface area contributed by atoms with E-state index in [0.717, 1.165) is 18.9 Å². The molecule has 0 bridgehead atoms. The minimum atomic E-state index is -0.857. The van der Waals surface area contributed by atoms with Gasteiger partial charge in [-0.3, -0.25) is 0 Å². The number of rotatable bonds is 5. The number of piperidine rings is 1. The molecule has 2 rings (SSSR count). The molecule has 0 aromatic rings. The lowest BCUT2D eigenvalue weighted by atomic mass is 9.83. The topological polar surface area (TPSA) is 52.6 Å². The highest BCUT2D eigenvalue weighted by atomic mass is 16.4. The van der Waals surface area contributed by atoms with Crippen LogP contribution in [0.1, 0.15) is 58.3 Å². The van der Waals surface area contributed by atoms with Crippen LogP contribution in [0.25, 0.3) is 0 Å². The molecule has 1 heterocycles. The van der Waals surface area contributed by atoms with Gasteiger partial charge in [0.05, 0.1) is 0 Å². The third kappa shape index (κ3) is 4.65. The Morgan fingerprint density at radius 3 is 2.80 bits per heavy atom. The maximum absolute atomic E-state index is 10.9. The van der Waals surface area contributed by atoms with Gasteiger partial charge in [0.1, 0.15) is 0 Å². The van der Waals surface area contributed by atoms with Gasteiger partial charge in [-0.05, 0) is 50.5 Å². The molecule has 4 nitrogen and oxygen atoms in total. The zero-order valence-electron chi connectivity index (χ0n) is 12.8. The lowest BCUT2D eigenvalue weighted by Crippen LogP contribution is -2.47. The summed E-state index contributed by atoms with van der Waals surface area (Å²) in [6.07, 6.45) is 9.09. The lowest BCUT2D eigenvalue weighted by Gasteiger charge is -2.39. The summed E-state index contributed by atoms with van der Waals surface area (Å²) >= 11 is 0. The van der Waals surface area contributed by atoms with Crippen LogP contribution < -0.4 is 5.32 Å². The molecule has 1 amide bonds. The van der Waals surface area contributed by atoms with Crippen LogP contribution in [0.4, 0.5) is 4.79 Å². The molecule has 0 radical (unpaired) electrons. The molecule has 20 heavy (non-hydrogen) atoms. The van der Waals surface area contributed by atoms with E-state index < -0.39 is 6.09 Å². The van der Waals surface area contributed by atoms with Gasteiger partial charge in [0.25, 0.3) is 0 Å². The number of nitrogens with one attached hydrogen (secondary N) is 1. The number of carbonyl (C=O) groups is 1. The smallest absolute Gasteiger partial charge is 0.404 e. The summed E-state index contributed by atoms with van der Waals surface area (Å²) in [6.45, 7) is 5.79. The molecule has 2 N–H and O–H groups in total. The van der Waals surface area contributed by atoms with Crippen LogP contribution in [0.5, 0.6) is 0 Å². The Bertz CT molecular complexity index is 307. The fourth-order valence-electron chi connectivity index (χ4n) is 4.07. The molecule has 0 aromatic carbocycles. The van der Waals surface area contributed by atoms with Crippen molar-refractivity contribution in [3.8, 4) is 0 Å². The van der Waals surface area contributed by atoms with Gasteiger partial charge in [-0.2, -0.15) is 0 Å². The average Bonchev–Trinajstić information content (AvgIpc) is 2.41. The number of hydrogen-bond donors (Lipinski definition) is 2. The van der Waals surface area contributed by atoms with Gasteiger partial charge in [-0.1, -0.05) is 26.2 Å². The summed E-state index contributed by atoms with van der Waals surface area (Å²) in [5.74, 6) is 1.38. The number of likely N-dealkylation sites (tertiary alicyclic amines) is 1. The third-order valence-electron chi connectivity index (χ3n) is 5.01. The van der Waals surface area contributed by atoms with Crippen LogP contribution >= 0.6 is 0 Å². The van der Waals surface area contributed by atoms with Gasteiger partial charge in [-0.25, -0.2) is 4.79 Å². The Morgan fingerprint density at radius 1 is 1.25 bits per heavy atom. The van der Waals surface area contributed by atoms with Crippen molar-refractivity contribution in [2.24, 2.45) is 11.8 Å². The largest absolute Gasteiger partial charge is 0.465 e. The molecule has 4 heteroatoms. The number of nitrogens with zero attached hydrogens (tertiary/aromatic N) is 1. The summed E-state index contributed by atoms with van der Waals surface area (Å²) in [5.41, 5.74) is 0. The normalized spacial score (nSPS) is 31.9. The molecular formula is C16H30N2O2. The van der Waals surface area contributed by atoms with Crippen LogP contribution in [0.15, 0.2) is 0 Å². The Kier molecular flexibility index (Phi) is 6.14. The Hall–Kier alpha value is -0.770. The van der Waals surface area contributed by atoms with E-state index >= 15 is 0 Å². The molecule has 1 unspecified atom stereocenters. The highest BCUT2D eigenvalue weighted by Crippen LogP contribution is 2.28. The highest BCUT2D eigenvalue weighted by Gasteiger charge is 2.29. The van der Waals surface area contributed by atoms with E-state index in [-0.39, 0.29) is 6.04 Å². The number of carboxylic acid groups (broad SMARTS) is 1. The van der Waals surface area contributed by atoms with Crippen LogP contribution in [0.2, 0.25) is 0 Å². The first-order valence-electron chi connectivity index (χ1n) is 8.41. The second kappa shape index (κ2) is 7.87. The fraction of sp³-hybridized carbons (Fsp3) is 0.938. The van der Waals surface area contributed by atoms with Gasteiger partial charge in [0, 0.05) is 19.1 Å². The molecule has 1 aliphatic carbocycles. The molecular weight excluding hydrogens is 252 g/mol. The van der Waals surface area contributed by atoms with Gasteiger partial charge in [0.2, 0.25) is 0 Å². The Morgan fingerprint density at radius 2 is 2.05 bits per heavy atom. The molecule has 0 aromatic heterocycles. The summed E-state index contributed by atoms with van der Waals surface area (Å²) in [6, 6.07) is 0.174. The van der Waals surface area contributed by atoms with Crippen molar-refractivity contribution in [1.82, 2.24) is 10.2 Å². The van der Waals surface area contributed by atoms with Crippen LogP contribution in [-0.2, 0) is 0 Å². The molecule has 2 fully saturated rings. The van der Waals surface area contributed by atoms with E-state index in [1.54, 1.807) is 0 Å². The number of hydrogen-bond acceptors (Lipinski definition) is 2. The standard InChI is InChI=1S/C16H30N2O2/c1-2-6-13-7-5-10-18(11-13)12-14-8-3-4-9-15(14)17-16(19)20/h13-15,17H,2-12H2,1H3,(H,19,20)/t13?,14-,15+/m0/s1. The molecule has 1 aliphatic heterocycles. The first kappa shape index (κ1) is 15.6. The minimum Gasteiger partial charge on any atom is -0.465 e. The molecule has 1 saturated carbocycles. The van der Waals surface area contributed by atoms with Crippen molar-refractivity contribution < 1.29 is 9.90 Å². The van der Waals surface area contributed by atoms with Crippen LogP contribution in [0.3, 0.4) is 0 Å². The maximum Gasteiger partial charge on any atom is 0.404 e. The third-order valence-corrected chi connectivity index (χ3v) is 5.01. The van der Waals surface area contributed by atoms with Crippen molar-refractivity contribution in [3.63, 3.8) is 0 Å². The molecule has 116 valence electrons. The predicted octanol–water partition coefficient (Wildman–Crippen LogP) is 3.32. The van der Waals surface area contributed by atoms with E-state index in [9.17, 15) is 4.79 Å². The monoisotopic (exact) mass is 282 g/mol. The van der Waals surface area contributed by atoms with E-state index in [2.05, 4.69) is 17.1 Å². The summed E-state index contributed by atoms with van der Waals surface area (Å²) in [5, 5.41) is 11.7. The van der Waals surface area contributed by atoms with Gasteiger partial charge < -0.3 is 15.3 Å². The van der Waals surface area contributed by atoms with Gasteiger partial charge in [-0.15, -0.1) is 0 Å². The summed E-state index contributed by atoms with van der Waals surface area (Å²) < 4.78 is 0. The maximum atomic E-state index is 10.9. The van der Waals surface area contributed by atoms with Crippen molar-refractivity contribution in [1.29, 1.82) is 0 Å². The van der Waals surface area contributed by atoms with Crippen molar-refractivity contribution >= 4 is 6.09 Å². The van der Waals surface area contributed by atoms with Gasteiger partial charge >= 0.3 is 6.09 Å². The Balaban J connectivity index is 1.84. The SMILES string of the molecule is CCCC1CCCN(C[C@@H]2CCCC[C@H]2NC(=O)O)C1. The van der Waals surface area contributed by atoms with E-state index in [4.69, 9.17) is 5.11 Å². The molecule has 3 atom stereocenters. The lowest BCUT2D eigenvalue weighted by molar-refractivity contribution is 0.114. The highest BCUT2D eigenvalue weighted by molar-refractivity contribution is 5.64. The first-order valence-corrected chi connectivity index (χ1v) is 8.41. The van der Waals surface area contributed by atoms with Crippen molar-refractivity contribution in [2.45, 2.75) is 64.3 Å². The molecule has 2 aliphatic rings. The van der Waals surface area contributed by atoms with E-state index in [1.165, 1.54) is 58.0 Å². The zero-order chi connectivity index (χ0) is 14.4. The number of amides is 1. The second-order valence-electron chi connectivity index (χ2n) is 6.66. The first-order chi connectivity index (χ1) is 9.69. The minimum absolute atomic E-state index is 0.174. The molecule has 0 spiro atoms. The zero-order valence-corrected chi connectivity index (χ0v) is 12.8. The summed E-state index contributed by atoms with van der Waals surface area (Å²) in [7, 11) is 0. The van der Waals surface area contributed by atoms with E-state index in [0.29, 0.717) is 5.92 Å². The van der Waals surface area contributed by atoms with Crippen LogP contribution in [-0.4, -0.2) is 41.8 Å². The average molecular weight is 282 g/mol. The Labute approximate surface area is 122 Å². The summed E-state index contributed by atoms with van der Waals surface area (Å²) in [4.78, 5) is 13.5. The van der Waals surface area contributed by atoms with Gasteiger partial charge in [0.15, 0.2) is 0 Å².